The van der Waals surface area contributed by atoms with Crippen LogP contribution in [-0.4, -0.2) is 79.5 Å². The van der Waals surface area contributed by atoms with Crippen molar-refractivity contribution < 1.29 is 14.3 Å². The number of hydrogen-bond acceptors (Lipinski definition) is 6. The lowest BCUT2D eigenvalue weighted by atomic mass is 9.98. The van der Waals surface area contributed by atoms with Crippen LogP contribution in [-0.2, 0) is 17.9 Å². The minimum atomic E-state index is -0.00183. The molecule has 10 nitrogen and oxygen atoms in total. The number of hydrogen-bond donors (Lipinski definition) is 1. The highest BCUT2D eigenvalue weighted by molar-refractivity contribution is 6.00. The molecule has 5 aliphatic rings. The Morgan fingerprint density at radius 2 is 1.74 bits per heavy atom. The van der Waals surface area contributed by atoms with E-state index in [1.165, 1.54) is 18.4 Å². The van der Waals surface area contributed by atoms with E-state index in [-0.39, 0.29) is 35.7 Å². The van der Waals surface area contributed by atoms with E-state index in [0.717, 1.165) is 72.5 Å². The molecule has 5 aromatic rings. The van der Waals surface area contributed by atoms with Gasteiger partial charge >= 0.3 is 0 Å². The highest BCUT2D eigenvalue weighted by atomic mass is 16.5. The van der Waals surface area contributed by atoms with E-state index in [2.05, 4.69) is 45.5 Å². The first-order valence-corrected chi connectivity index (χ1v) is 18.4. The summed E-state index contributed by atoms with van der Waals surface area (Å²) in [6.07, 6.45) is 7.29. The lowest BCUT2D eigenvalue weighted by Gasteiger charge is -2.40. The summed E-state index contributed by atoms with van der Waals surface area (Å²) >= 11 is 0. The van der Waals surface area contributed by atoms with Crippen molar-refractivity contribution in [2.75, 3.05) is 26.7 Å². The number of aromatic nitrogens is 4. The van der Waals surface area contributed by atoms with Gasteiger partial charge in [0, 0.05) is 73.8 Å². The molecule has 5 heterocycles. The number of carbonyl (C=O) groups is 2. The molecule has 10 heteroatoms. The highest BCUT2D eigenvalue weighted by Gasteiger charge is 2.49. The van der Waals surface area contributed by atoms with E-state index >= 15 is 0 Å². The molecule has 5 atom stereocenters. The summed E-state index contributed by atoms with van der Waals surface area (Å²) < 4.78 is 10.7. The molecule has 5 fully saturated rings. The Balaban J connectivity index is 1.00. The molecule has 2 aliphatic heterocycles. The van der Waals surface area contributed by atoms with Crippen LogP contribution in [0.4, 0.5) is 0 Å². The fourth-order valence-corrected chi connectivity index (χ4v) is 9.24. The Morgan fingerprint density at radius 1 is 0.920 bits per heavy atom. The van der Waals surface area contributed by atoms with Gasteiger partial charge in [-0.2, -0.15) is 0 Å². The first kappa shape index (κ1) is 30.2. The molecule has 0 spiro atoms. The van der Waals surface area contributed by atoms with Gasteiger partial charge in [0.05, 0.1) is 18.3 Å². The number of imidazole rings is 1. The first-order chi connectivity index (χ1) is 24.4. The fraction of sp³-hybridized carbons (Fsp3) is 0.450. The van der Waals surface area contributed by atoms with Gasteiger partial charge < -0.3 is 29.4 Å². The third-order valence-corrected chi connectivity index (χ3v) is 12.3. The number of nitrogens with two attached hydrogens (primary N) is 1. The molecule has 2 N–H and O–H groups in total. The fourth-order valence-electron chi connectivity index (χ4n) is 9.24. The summed E-state index contributed by atoms with van der Waals surface area (Å²) in [6.45, 7) is 3.74. The van der Waals surface area contributed by atoms with Crippen molar-refractivity contribution >= 4 is 33.9 Å². The standard InChI is InChI=1S/C40H43N7O3/c1-50-34-16-28(39(48)46-22-27-11-12-32(46)35(27)41)14-31-36(34)47(21-24-18-44(19-24)40(49)30-17-29(30)25-6-3-2-4-7-25)38(43-31)33-15-26-8-5-13-42-37(26)45(33)20-23-9-10-23/h2-8,13-16,23-24,27,29-30,32,35H,9-12,17-22,41H2,1H3/t27-,29-,30+,32-,35-/m1/s1. The van der Waals surface area contributed by atoms with Crippen LogP contribution in [0.25, 0.3) is 33.6 Å². The van der Waals surface area contributed by atoms with Crippen molar-refractivity contribution in [2.24, 2.45) is 29.4 Å². The van der Waals surface area contributed by atoms with Crippen LogP contribution in [0, 0.1) is 23.7 Å². The summed E-state index contributed by atoms with van der Waals surface area (Å²) in [5.41, 5.74) is 11.9. The molecule has 2 aromatic carbocycles. The quantitative estimate of drug-likeness (QED) is 0.228. The van der Waals surface area contributed by atoms with Gasteiger partial charge in [0.2, 0.25) is 5.91 Å². The SMILES string of the molecule is COc1cc(C(=O)N2C[C@H]3CC[C@@H]2[C@@H]3N)cc2nc(-c3cc4cccnc4n3CC3CC3)n(CC3CN(C(=O)[C@H]4C[C@@H]4c4ccccc4)C3)c12. The molecular formula is C40H43N7O3. The van der Waals surface area contributed by atoms with Crippen LogP contribution in [0.2, 0.25) is 0 Å². The molecule has 0 radical (unpaired) electrons. The van der Waals surface area contributed by atoms with Crippen LogP contribution in [0.5, 0.6) is 5.75 Å². The summed E-state index contributed by atoms with van der Waals surface area (Å²) in [5.74, 6) is 3.47. The molecule has 2 amide bonds. The average molecular weight is 670 g/mol. The molecule has 3 saturated carbocycles. The van der Waals surface area contributed by atoms with Gasteiger partial charge in [0.1, 0.15) is 16.9 Å². The van der Waals surface area contributed by atoms with Crippen molar-refractivity contribution in [1.29, 1.82) is 0 Å². The van der Waals surface area contributed by atoms with Crippen molar-refractivity contribution in [1.82, 2.24) is 28.9 Å². The number of benzene rings is 2. The van der Waals surface area contributed by atoms with Gasteiger partial charge in [-0.25, -0.2) is 9.97 Å². The van der Waals surface area contributed by atoms with Crippen molar-refractivity contribution in [3.05, 3.63) is 78.0 Å². The normalized spacial score (nSPS) is 25.8. The number of piperidine rings is 1. The molecular weight excluding hydrogens is 626 g/mol. The maximum atomic E-state index is 14.0. The molecule has 2 bridgehead atoms. The molecule has 3 aromatic heterocycles. The van der Waals surface area contributed by atoms with E-state index < -0.39 is 0 Å². The van der Waals surface area contributed by atoms with Gasteiger partial charge in [0.25, 0.3) is 5.91 Å². The van der Waals surface area contributed by atoms with Crippen molar-refractivity contribution in [3.63, 3.8) is 0 Å². The van der Waals surface area contributed by atoms with Crippen LogP contribution >= 0.6 is 0 Å². The summed E-state index contributed by atoms with van der Waals surface area (Å²) in [5, 5.41) is 1.09. The third-order valence-electron chi connectivity index (χ3n) is 12.3. The van der Waals surface area contributed by atoms with Gasteiger partial charge in [-0.15, -0.1) is 0 Å². The number of fused-ring (bicyclic) bond motifs is 4. The van der Waals surface area contributed by atoms with Crippen LogP contribution < -0.4 is 10.5 Å². The van der Waals surface area contributed by atoms with E-state index in [9.17, 15) is 9.59 Å². The Kier molecular flexibility index (Phi) is 6.88. The predicted octanol–water partition coefficient (Wildman–Crippen LogP) is 5.30. The minimum absolute atomic E-state index is 0.00183. The maximum absolute atomic E-state index is 14.0. The zero-order valence-corrected chi connectivity index (χ0v) is 28.4. The average Bonchev–Trinajstić information content (AvgIpc) is 4.00. The zero-order chi connectivity index (χ0) is 33.7. The second-order valence-corrected chi connectivity index (χ2v) is 15.5. The molecule has 256 valence electrons. The Labute approximate surface area is 291 Å². The summed E-state index contributed by atoms with van der Waals surface area (Å²) in [4.78, 5) is 41.6. The number of likely N-dealkylation sites (tertiary alicyclic amines) is 2. The first-order valence-electron chi connectivity index (χ1n) is 18.4. The largest absolute Gasteiger partial charge is 0.494 e. The van der Waals surface area contributed by atoms with Crippen LogP contribution in [0.3, 0.4) is 0 Å². The monoisotopic (exact) mass is 669 g/mol. The Bertz CT molecular complexity index is 2150. The van der Waals surface area contributed by atoms with Gasteiger partial charge in [-0.05, 0) is 85.8 Å². The number of rotatable bonds is 9. The van der Waals surface area contributed by atoms with Gasteiger partial charge in [-0.3, -0.25) is 9.59 Å². The number of carbonyl (C=O) groups excluding carboxylic acids is 2. The van der Waals surface area contributed by atoms with Crippen molar-refractivity contribution in [2.45, 2.75) is 63.2 Å². The number of pyridine rings is 1. The molecule has 10 rings (SSSR count). The second-order valence-electron chi connectivity index (χ2n) is 15.5. The zero-order valence-electron chi connectivity index (χ0n) is 28.4. The maximum Gasteiger partial charge on any atom is 0.254 e. The van der Waals surface area contributed by atoms with Gasteiger partial charge in [0.15, 0.2) is 5.82 Å². The van der Waals surface area contributed by atoms with Gasteiger partial charge in [-0.1, -0.05) is 30.3 Å². The molecule has 2 saturated heterocycles. The highest BCUT2D eigenvalue weighted by Crippen LogP contribution is 2.49. The summed E-state index contributed by atoms with van der Waals surface area (Å²) in [7, 11) is 1.67. The van der Waals surface area contributed by atoms with Crippen LogP contribution in [0.15, 0.2) is 66.9 Å². The molecule has 50 heavy (non-hydrogen) atoms. The van der Waals surface area contributed by atoms with E-state index in [4.69, 9.17) is 20.4 Å². The third kappa shape index (κ3) is 4.86. The lowest BCUT2D eigenvalue weighted by molar-refractivity contribution is -0.139. The predicted molar refractivity (Wildman–Crippen MR) is 191 cm³/mol. The van der Waals surface area contributed by atoms with E-state index in [0.29, 0.717) is 42.2 Å². The Hall–Kier alpha value is -4.70. The lowest BCUT2D eigenvalue weighted by Crippen LogP contribution is -2.52. The summed E-state index contributed by atoms with van der Waals surface area (Å²) in [6, 6.07) is 20.7. The van der Waals surface area contributed by atoms with Crippen molar-refractivity contribution in [3.8, 4) is 17.3 Å². The molecule has 3 aliphatic carbocycles. The number of nitrogens with zero attached hydrogens (tertiary/aromatic N) is 6. The van der Waals surface area contributed by atoms with Crippen LogP contribution in [0.1, 0.15) is 53.9 Å². The minimum Gasteiger partial charge on any atom is -0.494 e. The number of ether oxygens (including phenoxy) is 1. The Morgan fingerprint density at radius 3 is 2.48 bits per heavy atom. The molecule has 0 unspecified atom stereocenters. The number of methoxy groups -OCH3 is 1. The van der Waals surface area contributed by atoms with E-state index in [1.807, 2.05) is 40.3 Å². The smallest absolute Gasteiger partial charge is 0.254 e. The topological polar surface area (TPSA) is 112 Å². The second kappa shape index (κ2) is 11.4. The van der Waals surface area contributed by atoms with E-state index in [1.54, 1.807) is 7.11 Å². The number of amides is 2.